The molecule has 3 fully saturated rings. The Morgan fingerprint density at radius 3 is 1.88 bits per heavy atom. The predicted molar refractivity (Wildman–Crippen MR) is 194 cm³/mol. The summed E-state index contributed by atoms with van der Waals surface area (Å²) in [7, 11) is 0. The molecule has 0 atom stereocenters. The van der Waals surface area contributed by atoms with E-state index in [1.54, 1.807) is 61.2 Å². The minimum atomic E-state index is -1.18. The number of urea groups is 1. The Kier molecular flexibility index (Phi) is 13.0. The lowest BCUT2D eigenvalue weighted by Crippen LogP contribution is -2.60. The second kappa shape index (κ2) is 16.6. The van der Waals surface area contributed by atoms with Crippen LogP contribution in [0.25, 0.3) is 0 Å². The molecule has 1 saturated heterocycles. The highest BCUT2D eigenvalue weighted by atomic mass is 16.6. The van der Waals surface area contributed by atoms with Gasteiger partial charge in [-0.25, -0.2) is 19.2 Å². The lowest BCUT2D eigenvalue weighted by atomic mass is 9.85. The fourth-order valence-corrected chi connectivity index (χ4v) is 6.95. The van der Waals surface area contributed by atoms with E-state index in [-0.39, 0.29) is 35.6 Å². The summed E-state index contributed by atoms with van der Waals surface area (Å²) in [5.41, 5.74) is -2.75. The van der Waals surface area contributed by atoms with Gasteiger partial charge in [0, 0.05) is 50.5 Å². The molecule has 0 bridgehead atoms. The van der Waals surface area contributed by atoms with E-state index in [1.165, 1.54) is 0 Å². The first-order chi connectivity index (χ1) is 23.8. The third-order valence-corrected chi connectivity index (χ3v) is 9.62. The number of hydrogen-bond acceptors (Lipinski definition) is 9. The van der Waals surface area contributed by atoms with E-state index >= 15 is 0 Å². The van der Waals surface area contributed by atoms with E-state index in [2.05, 4.69) is 26.3 Å². The SMILES string of the molecule is CC(C)(C)OC(=O)NC(C)(C)C(=O)N1CCN(C(=O)Nc2ccn(C3CCC(CN[C@H]4CC[C@H](NC(=O)OC(C)(C)C)CC4)CC3)c(=O)n2)CC1. The predicted octanol–water partition coefficient (Wildman–Crippen LogP) is 4.38. The average Bonchev–Trinajstić information content (AvgIpc) is 3.02. The zero-order valence-corrected chi connectivity index (χ0v) is 31.8. The third kappa shape index (κ3) is 12.4. The van der Waals surface area contributed by atoms with E-state index in [0.29, 0.717) is 38.1 Å². The van der Waals surface area contributed by atoms with Crippen molar-refractivity contribution in [3.05, 3.63) is 22.7 Å². The maximum atomic E-state index is 13.1. The Labute approximate surface area is 301 Å². The van der Waals surface area contributed by atoms with Crippen LogP contribution >= 0.6 is 0 Å². The summed E-state index contributed by atoms with van der Waals surface area (Å²) in [6.07, 6.45) is 8.41. The summed E-state index contributed by atoms with van der Waals surface area (Å²) in [5, 5.41) is 12.1. The van der Waals surface area contributed by atoms with Gasteiger partial charge in [0.1, 0.15) is 22.6 Å². The van der Waals surface area contributed by atoms with Gasteiger partial charge in [0.15, 0.2) is 0 Å². The highest BCUT2D eigenvalue weighted by molar-refractivity contribution is 5.90. The molecule has 0 unspecified atom stereocenters. The van der Waals surface area contributed by atoms with Gasteiger partial charge in [-0.3, -0.25) is 14.7 Å². The number of aromatic nitrogens is 2. The van der Waals surface area contributed by atoms with Gasteiger partial charge in [-0.2, -0.15) is 4.98 Å². The number of nitrogens with one attached hydrogen (secondary N) is 4. The lowest BCUT2D eigenvalue weighted by molar-refractivity contribution is -0.138. The smallest absolute Gasteiger partial charge is 0.408 e. The molecule has 51 heavy (non-hydrogen) atoms. The number of carbonyl (C=O) groups is 4. The molecular formula is C36H60N8O7. The first-order valence-electron chi connectivity index (χ1n) is 18.5. The van der Waals surface area contributed by atoms with Crippen LogP contribution in [0.1, 0.15) is 113 Å². The Bertz CT molecular complexity index is 1430. The van der Waals surface area contributed by atoms with E-state index in [9.17, 15) is 24.0 Å². The number of hydrogen-bond donors (Lipinski definition) is 4. The molecule has 4 N–H and O–H groups in total. The largest absolute Gasteiger partial charge is 0.444 e. The number of ether oxygens (including phenoxy) is 2. The zero-order valence-electron chi connectivity index (χ0n) is 31.8. The monoisotopic (exact) mass is 716 g/mol. The van der Waals surface area contributed by atoms with Crippen LogP contribution in [-0.4, -0.2) is 105 Å². The minimum Gasteiger partial charge on any atom is -0.444 e. The molecule has 3 aliphatic rings. The number of carbonyl (C=O) groups excluding carboxylic acids is 4. The standard InChI is InChI=1S/C36H60N8O7/c1-34(2,3)50-32(48)38-26-13-11-25(12-14-26)37-23-24-9-15-27(16-10-24)44-18-17-28(40-31(44)47)39-30(46)43-21-19-42(20-22-43)29(45)36(7,8)41-33(49)51-35(4,5)6/h17-18,24-27,37H,9-16,19-23H2,1-8H3,(H,38,48)(H,41,49)(H,39,40,46,47)/t24?,25-,26-,27?. The van der Waals surface area contributed by atoms with Crippen LogP contribution in [0, 0.1) is 5.92 Å². The fraction of sp³-hybridized carbons (Fsp3) is 0.778. The first-order valence-corrected chi connectivity index (χ1v) is 18.5. The molecule has 2 heterocycles. The zero-order chi connectivity index (χ0) is 37.6. The van der Waals surface area contributed by atoms with Gasteiger partial charge in [-0.1, -0.05) is 0 Å². The van der Waals surface area contributed by atoms with Crippen molar-refractivity contribution in [2.24, 2.45) is 5.92 Å². The van der Waals surface area contributed by atoms with E-state index in [1.807, 2.05) is 20.8 Å². The summed E-state index contributed by atoms with van der Waals surface area (Å²) in [5.74, 6) is 0.470. The molecular weight excluding hydrogens is 656 g/mol. The van der Waals surface area contributed by atoms with E-state index in [4.69, 9.17) is 9.47 Å². The first kappa shape index (κ1) is 39.9. The van der Waals surface area contributed by atoms with Gasteiger partial charge >= 0.3 is 23.9 Å². The van der Waals surface area contributed by atoms with Crippen molar-refractivity contribution in [3.8, 4) is 0 Å². The summed E-state index contributed by atoms with van der Waals surface area (Å²) < 4.78 is 12.4. The van der Waals surface area contributed by atoms with Crippen LogP contribution in [-0.2, 0) is 14.3 Å². The van der Waals surface area contributed by atoms with Gasteiger partial charge in [-0.15, -0.1) is 0 Å². The van der Waals surface area contributed by atoms with Crippen molar-refractivity contribution in [3.63, 3.8) is 0 Å². The van der Waals surface area contributed by atoms with Crippen molar-refractivity contribution in [2.45, 2.75) is 142 Å². The Hall–Kier alpha value is -3.88. The Morgan fingerprint density at radius 1 is 0.765 bits per heavy atom. The molecule has 15 heteroatoms. The molecule has 2 aliphatic carbocycles. The highest BCUT2D eigenvalue weighted by Gasteiger charge is 2.37. The Morgan fingerprint density at radius 2 is 1.31 bits per heavy atom. The summed E-state index contributed by atoms with van der Waals surface area (Å²) in [6, 6.07) is 1.94. The topological polar surface area (TPSA) is 176 Å². The fourth-order valence-electron chi connectivity index (χ4n) is 6.95. The van der Waals surface area contributed by atoms with Gasteiger partial charge in [-0.05, 0) is 125 Å². The molecule has 2 saturated carbocycles. The van der Waals surface area contributed by atoms with Crippen molar-refractivity contribution in [2.75, 3.05) is 38.0 Å². The number of piperazine rings is 1. The van der Waals surface area contributed by atoms with Crippen LogP contribution in [0.5, 0.6) is 0 Å². The van der Waals surface area contributed by atoms with Crippen molar-refractivity contribution >= 4 is 29.9 Å². The number of alkyl carbamates (subject to hydrolysis) is 2. The summed E-state index contributed by atoms with van der Waals surface area (Å²) >= 11 is 0. The summed E-state index contributed by atoms with van der Waals surface area (Å²) in [6.45, 7) is 16.2. The minimum absolute atomic E-state index is 0.0695. The molecule has 15 nitrogen and oxygen atoms in total. The second-order valence-electron chi connectivity index (χ2n) is 16.7. The second-order valence-corrected chi connectivity index (χ2v) is 16.7. The van der Waals surface area contributed by atoms with Crippen molar-refractivity contribution in [1.29, 1.82) is 0 Å². The molecule has 0 spiro atoms. The maximum Gasteiger partial charge on any atom is 0.408 e. The van der Waals surface area contributed by atoms with Gasteiger partial charge < -0.3 is 35.2 Å². The van der Waals surface area contributed by atoms with Crippen LogP contribution in [0.2, 0.25) is 0 Å². The number of rotatable bonds is 8. The molecule has 1 aromatic heterocycles. The lowest BCUT2D eigenvalue weighted by Gasteiger charge is -2.38. The molecule has 5 amide bonds. The normalized spacial score (nSPS) is 23.2. The quantitative estimate of drug-likeness (QED) is 0.304. The number of anilines is 1. The van der Waals surface area contributed by atoms with E-state index in [0.717, 1.165) is 57.9 Å². The number of amides is 5. The molecule has 4 rings (SSSR count). The van der Waals surface area contributed by atoms with E-state index < -0.39 is 28.9 Å². The molecule has 0 aromatic carbocycles. The third-order valence-electron chi connectivity index (χ3n) is 9.62. The van der Waals surface area contributed by atoms with Gasteiger partial charge in [0.25, 0.3) is 0 Å². The van der Waals surface area contributed by atoms with Crippen LogP contribution in [0.4, 0.5) is 20.2 Å². The molecule has 1 aliphatic heterocycles. The van der Waals surface area contributed by atoms with Crippen LogP contribution < -0.4 is 27.0 Å². The summed E-state index contributed by atoms with van der Waals surface area (Å²) in [4.78, 5) is 70.8. The molecule has 286 valence electrons. The average molecular weight is 717 g/mol. The highest BCUT2D eigenvalue weighted by Crippen LogP contribution is 2.31. The maximum absolute atomic E-state index is 13.1. The number of nitrogens with zero attached hydrogens (tertiary/aromatic N) is 4. The van der Waals surface area contributed by atoms with Gasteiger partial charge in [0.2, 0.25) is 5.91 Å². The molecule has 1 aromatic rings. The Balaban J connectivity index is 1.15. The van der Waals surface area contributed by atoms with Crippen LogP contribution in [0.3, 0.4) is 0 Å². The molecule has 0 radical (unpaired) electrons. The van der Waals surface area contributed by atoms with Crippen molar-refractivity contribution < 1.29 is 28.7 Å². The van der Waals surface area contributed by atoms with Crippen molar-refractivity contribution in [1.82, 2.24) is 35.3 Å². The van der Waals surface area contributed by atoms with Gasteiger partial charge in [0.05, 0.1) is 0 Å². The van der Waals surface area contributed by atoms with Crippen LogP contribution in [0.15, 0.2) is 17.1 Å².